The predicted molar refractivity (Wildman–Crippen MR) is 71.6 cm³/mol. The molecule has 0 bridgehead atoms. The molecule has 4 aliphatic rings. The largest absolute Gasteiger partial charge is 0.0885 e. The van der Waals surface area contributed by atoms with Crippen molar-refractivity contribution in [3.63, 3.8) is 0 Å². The van der Waals surface area contributed by atoms with E-state index in [0.29, 0.717) is 0 Å². The second-order valence-corrected chi connectivity index (χ2v) is 7.37. The molecule has 0 aliphatic heterocycles. The van der Waals surface area contributed by atoms with Crippen LogP contribution in [0, 0.1) is 35.0 Å². The lowest BCUT2D eigenvalue weighted by molar-refractivity contribution is 0.196. The highest BCUT2D eigenvalue weighted by Gasteiger charge is 2.67. The van der Waals surface area contributed by atoms with Crippen LogP contribution in [-0.4, -0.2) is 0 Å². The Bertz CT molecular complexity index is 342. The molecule has 0 radical (unpaired) electrons. The zero-order valence-corrected chi connectivity index (χ0v) is 11.2. The van der Waals surface area contributed by atoms with Gasteiger partial charge in [-0.1, -0.05) is 31.9 Å². The quantitative estimate of drug-likeness (QED) is 0.611. The lowest BCUT2D eigenvalue weighted by atomic mass is 9.75. The van der Waals surface area contributed by atoms with Crippen molar-refractivity contribution in [2.75, 3.05) is 0 Å². The van der Waals surface area contributed by atoms with Gasteiger partial charge in [-0.2, -0.15) is 0 Å². The molecule has 0 saturated heterocycles. The fourth-order valence-electron chi connectivity index (χ4n) is 5.61. The Morgan fingerprint density at radius 1 is 1.18 bits per heavy atom. The Labute approximate surface area is 106 Å². The Kier molecular flexibility index (Phi) is 2.27. The minimum absolute atomic E-state index is 0.864. The summed E-state index contributed by atoms with van der Waals surface area (Å²) in [5.74, 6) is 5.61. The predicted octanol–water partition coefficient (Wildman–Crippen LogP) is 4.81. The van der Waals surface area contributed by atoms with Crippen molar-refractivity contribution in [3.05, 3.63) is 12.2 Å². The van der Waals surface area contributed by atoms with Crippen LogP contribution in [0.25, 0.3) is 0 Å². The second-order valence-electron chi connectivity index (χ2n) is 7.37. The molecule has 4 rings (SSSR count). The van der Waals surface area contributed by atoms with E-state index in [4.69, 9.17) is 0 Å². The van der Waals surface area contributed by atoms with E-state index in [2.05, 4.69) is 19.1 Å². The highest BCUT2D eigenvalue weighted by molar-refractivity contribution is 5.18. The zero-order valence-electron chi connectivity index (χ0n) is 11.2. The first-order valence-corrected chi connectivity index (χ1v) is 8.00. The first-order valence-electron chi connectivity index (χ1n) is 8.00. The third-order valence-corrected chi connectivity index (χ3v) is 6.48. The van der Waals surface area contributed by atoms with Crippen LogP contribution in [0.5, 0.6) is 0 Å². The average molecular weight is 230 g/mol. The maximum atomic E-state index is 2.54. The summed E-state index contributed by atoms with van der Waals surface area (Å²) in [4.78, 5) is 0. The van der Waals surface area contributed by atoms with E-state index in [-0.39, 0.29) is 0 Å². The molecular weight excluding hydrogens is 204 g/mol. The summed E-state index contributed by atoms with van der Waals surface area (Å²) >= 11 is 0. The lowest BCUT2D eigenvalue weighted by Crippen LogP contribution is -2.22. The number of allylic oxidation sites excluding steroid dienone is 2. The van der Waals surface area contributed by atoms with Gasteiger partial charge in [-0.05, 0) is 73.5 Å². The number of hydrogen-bond acceptors (Lipinski definition) is 0. The molecule has 6 unspecified atom stereocenters. The molecule has 0 aromatic heterocycles. The highest BCUT2D eigenvalue weighted by Crippen LogP contribution is 2.75. The van der Waals surface area contributed by atoms with Gasteiger partial charge < -0.3 is 0 Å². The third-order valence-electron chi connectivity index (χ3n) is 6.48. The topological polar surface area (TPSA) is 0 Å². The van der Waals surface area contributed by atoms with Gasteiger partial charge in [-0.25, -0.2) is 0 Å². The minimum atomic E-state index is 0.864. The maximum absolute atomic E-state index is 2.54. The summed E-state index contributed by atoms with van der Waals surface area (Å²) in [5.41, 5.74) is 0.864. The van der Waals surface area contributed by atoms with E-state index in [0.717, 1.165) is 23.2 Å². The molecule has 4 aliphatic carbocycles. The van der Waals surface area contributed by atoms with E-state index in [1.165, 1.54) is 24.7 Å². The van der Waals surface area contributed by atoms with Gasteiger partial charge in [0.15, 0.2) is 0 Å². The summed E-state index contributed by atoms with van der Waals surface area (Å²) in [6.07, 6.45) is 17.2. The summed E-state index contributed by atoms with van der Waals surface area (Å²) in [6, 6.07) is 0. The summed E-state index contributed by atoms with van der Waals surface area (Å²) < 4.78 is 0. The molecule has 0 nitrogen and oxygen atoms in total. The minimum Gasteiger partial charge on any atom is -0.0885 e. The molecule has 0 N–H and O–H groups in total. The molecule has 6 atom stereocenters. The molecule has 4 saturated carbocycles. The Balaban J connectivity index is 1.46. The van der Waals surface area contributed by atoms with Crippen molar-refractivity contribution < 1.29 is 0 Å². The van der Waals surface area contributed by atoms with Crippen LogP contribution in [-0.2, 0) is 0 Å². The molecule has 0 amide bonds. The summed E-state index contributed by atoms with van der Waals surface area (Å²) in [6.45, 7) is 2.26. The second kappa shape index (κ2) is 3.62. The van der Waals surface area contributed by atoms with Crippen LogP contribution in [0.4, 0.5) is 0 Å². The first-order chi connectivity index (χ1) is 8.33. The normalized spacial score (nSPS) is 55.7. The lowest BCUT2D eigenvalue weighted by Gasteiger charge is -2.30. The molecule has 0 aromatic carbocycles. The first kappa shape index (κ1) is 10.6. The van der Waals surface area contributed by atoms with Crippen LogP contribution < -0.4 is 0 Å². The smallest absolute Gasteiger partial charge is 0.0225 e. The fourth-order valence-corrected chi connectivity index (χ4v) is 5.61. The molecule has 17 heavy (non-hydrogen) atoms. The van der Waals surface area contributed by atoms with Gasteiger partial charge in [0, 0.05) is 0 Å². The van der Waals surface area contributed by atoms with Crippen LogP contribution in [0.1, 0.15) is 58.3 Å². The SMILES string of the molecule is CCC=CC1CC2CC2(C2CCCC3CC32)C1. The fraction of sp³-hybridized carbons (Fsp3) is 0.882. The van der Waals surface area contributed by atoms with Gasteiger partial charge in [-0.15, -0.1) is 0 Å². The number of fused-ring (bicyclic) bond motifs is 2. The van der Waals surface area contributed by atoms with Crippen molar-refractivity contribution in [1.29, 1.82) is 0 Å². The van der Waals surface area contributed by atoms with Crippen molar-refractivity contribution in [3.8, 4) is 0 Å². The highest BCUT2D eigenvalue weighted by atomic mass is 14.7. The Hall–Kier alpha value is -0.260. The van der Waals surface area contributed by atoms with E-state index >= 15 is 0 Å². The van der Waals surface area contributed by atoms with E-state index in [9.17, 15) is 0 Å². The van der Waals surface area contributed by atoms with Crippen LogP contribution >= 0.6 is 0 Å². The molecular formula is C17H26. The molecule has 94 valence electrons. The maximum Gasteiger partial charge on any atom is -0.0225 e. The molecule has 4 fully saturated rings. The van der Waals surface area contributed by atoms with Gasteiger partial charge in [0.1, 0.15) is 0 Å². The molecule has 0 heteroatoms. The van der Waals surface area contributed by atoms with Gasteiger partial charge in [0.25, 0.3) is 0 Å². The molecule has 0 spiro atoms. The number of rotatable bonds is 3. The van der Waals surface area contributed by atoms with E-state index < -0.39 is 0 Å². The zero-order chi connectivity index (χ0) is 11.5. The summed E-state index contributed by atoms with van der Waals surface area (Å²) in [5, 5.41) is 0. The number of hydrogen-bond donors (Lipinski definition) is 0. The third kappa shape index (κ3) is 1.55. The van der Waals surface area contributed by atoms with E-state index in [1.54, 1.807) is 38.5 Å². The summed E-state index contributed by atoms with van der Waals surface area (Å²) in [7, 11) is 0. The van der Waals surface area contributed by atoms with Crippen molar-refractivity contribution in [2.45, 2.75) is 58.3 Å². The standard InChI is InChI=1S/C17H26/c1-2-3-5-12-8-14-11-17(14,10-12)16-7-4-6-13-9-15(13)16/h3,5,12-16H,2,4,6-11H2,1H3. The molecule has 0 aromatic rings. The van der Waals surface area contributed by atoms with Crippen molar-refractivity contribution in [1.82, 2.24) is 0 Å². The van der Waals surface area contributed by atoms with Crippen LogP contribution in [0.15, 0.2) is 12.2 Å². The van der Waals surface area contributed by atoms with Gasteiger partial charge in [0.05, 0.1) is 0 Å². The van der Waals surface area contributed by atoms with Crippen molar-refractivity contribution >= 4 is 0 Å². The van der Waals surface area contributed by atoms with Gasteiger partial charge in [0.2, 0.25) is 0 Å². The van der Waals surface area contributed by atoms with Crippen LogP contribution in [0.2, 0.25) is 0 Å². The van der Waals surface area contributed by atoms with Gasteiger partial charge in [-0.3, -0.25) is 0 Å². The van der Waals surface area contributed by atoms with E-state index in [1.807, 2.05) is 0 Å². The Morgan fingerprint density at radius 2 is 2.12 bits per heavy atom. The van der Waals surface area contributed by atoms with Crippen LogP contribution in [0.3, 0.4) is 0 Å². The Morgan fingerprint density at radius 3 is 3.00 bits per heavy atom. The molecule has 0 heterocycles. The monoisotopic (exact) mass is 230 g/mol. The average Bonchev–Trinajstić information content (AvgIpc) is 3.23. The van der Waals surface area contributed by atoms with Gasteiger partial charge >= 0.3 is 0 Å². The van der Waals surface area contributed by atoms with Crippen molar-refractivity contribution in [2.24, 2.45) is 35.0 Å².